The minimum absolute atomic E-state index is 0.298. The van der Waals surface area contributed by atoms with Crippen molar-refractivity contribution in [2.75, 3.05) is 23.7 Å². The van der Waals surface area contributed by atoms with Gasteiger partial charge < -0.3 is 9.32 Å². The fourth-order valence-electron chi connectivity index (χ4n) is 3.61. The summed E-state index contributed by atoms with van der Waals surface area (Å²) in [6, 6.07) is 8.09. The molecule has 1 saturated heterocycles. The number of aromatic nitrogens is 4. The van der Waals surface area contributed by atoms with Crippen molar-refractivity contribution in [2.24, 2.45) is 0 Å². The Morgan fingerprint density at radius 2 is 1.96 bits per heavy atom. The maximum Gasteiger partial charge on any atom is 0.419 e. The van der Waals surface area contributed by atoms with Crippen LogP contribution >= 0.6 is 11.8 Å². The molecular weight excluding hydrogens is 350 g/mol. The van der Waals surface area contributed by atoms with Gasteiger partial charge in [-0.15, -0.1) is 10.2 Å². The average molecular weight is 371 g/mol. The van der Waals surface area contributed by atoms with Crippen molar-refractivity contribution in [3.63, 3.8) is 0 Å². The predicted octanol–water partition coefficient (Wildman–Crippen LogP) is 2.91. The van der Waals surface area contributed by atoms with Crippen molar-refractivity contribution in [3.8, 4) is 0 Å². The molecule has 0 bridgehead atoms. The van der Waals surface area contributed by atoms with E-state index in [4.69, 9.17) is 4.42 Å². The van der Waals surface area contributed by atoms with Gasteiger partial charge in [-0.25, -0.2) is 4.79 Å². The van der Waals surface area contributed by atoms with Crippen LogP contribution in [0.5, 0.6) is 0 Å². The number of rotatable bonds is 6. The summed E-state index contributed by atoms with van der Waals surface area (Å²) in [7, 11) is 0. The minimum atomic E-state index is -0.298. The Morgan fingerprint density at radius 1 is 1.15 bits per heavy atom. The lowest BCUT2D eigenvalue weighted by molar-refractivity contribution is 0.514. The fraction of sp³-hybridized carbons (Fsp3) is 0.500. The van der Waals surface area contributed by atoms with Crippen molar-refractivity contribution < 1.29 is 4.42 Å². The highest BCUT2D eigenvalue weighted by Gasteiger charge is 2.32. The third-order valence-electron chi connectivity index (χ3n) is 5.07. The highest BCUT2D eigenvalue weighted by Crippen LogP contribution is 2.41. The zero-order valence-electron chi connectivity index (χ0n) is 14.5. The first-order valence-corrected chi connectivity index (χ1v) is 10.2. The van der Waals surface area contributed by atoms with Crippen molar-refractivity contribution in [3.05, 3.63) is 34.8 Å². The molecule has 1 aromatic carbocycles. The number of para-hydroxylation sites is 2. The third kappa shape index (κ3) is 2.82. The molecular formula is C18H21N5O2S. The summed E-state index contributed by atoms with van der Waals surface area (Å²) in [6.45, 7) is 2.74. The molecule has 1 saturated carbocycles. The largest absolute Gasteiger partial charge is 0.419 e. The molecule has 3 aromatic rings. The first-order valence-electron chi connectivity index (χ1n) is 9.22. The van der Waals surface area contributed by atoms with Gasteiger partial charge in [-0.05, 0) is 37.8 Å². The molecule has 7 nitrogen and oxygen atoms in total. The average Bonchev–Trinajstić information content (AvgIpc) is 3.07. The lowest BCUT2D eigenvalue weighted by Crippen LogP contribution is -2.22. The van der Waals surface area contributed by atoms with Gasteiger partial charge in [-0.1, -0.05) is 23.9 Å². The van der Waals surface area contributed by atoms with Crippen molar-refractivity contribution in [1.82, 2.24) is 19.3 Å². The van der Waals surface area contributed by atoms with Crippen LogP contribution in [-0.4, -0.2) is 38.2 Å². The van der Waals surface area contributed by atoms with Gasteiger partial charge in [0.25, 0.3) is 0 Å². The molecule has 0 radical (unpaired) electrons. The van der Waals surface area contributed by atoms with Gasteiger partial charge in [0.15, 0.2) is 10.7 Å². The van der Waals surface area contributed by atoms with Crippen LogP contribution in [0.4, 0.5) is 5.95 Å². The summed E-state index contributed by atoms with van der Waals surface area (Å²) in [4.78, 5) is 14.4. The first kappa shape index (κ1) is 16.0. The zero-order valence-corrected chi connectivity index (χ0v) is 15.3. The van der Waals surface area contributed by atoms with E-state index in [-0.39, 0.29) is 5.76 Å². The lowest BCUT2D eigenvalue weighted by atomic mass is 10.3. The van der Waals surface area contributed by atoms with E-state index in [1.807, 2.05) is 24.3 Å². The normalized spacial score (nSPS) is 17.5. The van der Waals surface area contributed by atoms with Gasteiger partial charge in [0, 0.05) is 31.4 Å². The van der Waals surface area contributed by atoms with Crippen LogP contribution in [-0.2, 0) is 6.54 Å². The van der Waals surface area contributed by atoms with Gasteiger partial charge >= 0.3 is 5.76 Å². The first-order chi connectivity index (χ1) is 12.8. The Balaban J connectivity index is 1.34. The molecule has 0 atom stereocenters. The quantitative estimate of drug-likeness (QED) is 0.621. The van der Waals surface area contributed by atoms with Gasteiger partial charge in [0.05, 0.1) is 5.52 Å². The summed E-state index contributed by atoms with van der Waals surface area (Å²) in [6.07, 6.45) is 4.88. The summed E-state index contributed by atoms with van der Waals surface area (Å²) in [5.74, 6) is 1.49. The molecule has 2 aromatic heterocycles. The van der Waals surface area contributed by atoms with E-state index in [1.54, 1.807) is 16.3 Å². The molecule has 1 aliphatic heterocycles. The molecule has 3 heterocycles. The summed E-state index contributed by atoms with van der Waals surface area (Å²) < 4.78 is 9.31. The van der Waals surface area contributed by atoms with Crippen molar-refractivity contribution in [2.45, 2.75) is 43.4 Å². The Labute approximate surface area is 155 Å². The van der Waals surface area contributed by atoms with Crippen LogP contribution in [0.3, 0.4) is 0 Å². The van der Waals surface area contributed by atoms with Crippen molar-refractivity contribution in [1.29, 1.82) is 0 Å². The van der Waals surface area contributed by atoms with Gasteiger partial charge in [0.2, 0.25) is 5.95 Å². The van der Waals surface area contributed by atoms with Crippen LogP contribution in [0.25, 0.3) is 11.1 Å². The molecule has 0 spiro atoms. The molecule has 0 amide bonds. The molecule has 2 aliphatic rings. The summed E-state index contributed by atoms with van der Waals surface area (Å²) >= 11 is 1.67. The van der Waals surface area contributed by atoms with Crippen LogP contribution in [0.1, 0.15) is 31.7 Å². The Bertz CT molecular complexity index is 981. The van der Waals surface area contributed by atoms with Crippen molar-refractivity contribution >= 4 is 28.8 Å². The Hall–Kier alpha value is -2.22. The topological polar surface area (TPSA) is 69.1 Å². The maximum atomic E-state index is 12.1. The smallest absolute Gasteiger partial charge is 0.408 e. The molecule has 8 heteroatoms. The molecule has 0 unspecified atom stereocenters. The maximum absolute atomic E-state index is 12.1. The molecule has 26 heavy (non-hydrogen) atoms. The molecule has 5 rings (SSSR count). The number of oxazole rings is 1. The van der Waals surface area contributed by atoms with E-state index >= 15 is 0 Å². The number of hydrogen-bond acceptors (Lipinski definition) is 6. The third-order valence-corrected chi connectivity index (χ3v) is 5.99. The number of anilines is 1. The Kier molecular flexibility index (Phi) is 4.00. The minimum Gasteiger partial charge on any atom is -0.408 e. The summed E-state index contributed by atoms with van der Waals surface area (Å²) in [5, 5.41) is 9.89. The van der Waals surface area contributed by atoms with E-state index in [2.05, 4.69) is 19.7 Å². The number of fused-ring (bicyclic) bond motifs is 1. The molecule has 0 N–H and O–H groups in total. The van der Waals surface area contributed by atoms with E-state index < -0.39 is 0 Å². The predicted molar refractivity (Wildman–Crippen MR) is 101 cm³/mol. The number of thioether (sulfide) groups is 1. The standard InChI is InChI=1S/C18H21N5O2S/c24-18-22(14-5-1-2-6-15(14)25-18)11-12-26-17-20-19-16(21-9-3-4-10-21)23(17)13-7-8-13/h1-2,5-6,13H,3-4,7-12H2. The Morgan fingerprint density at radius 3 is 2.77 bits per heavy atom. The van der Waals surface area contributed by atoms with E-state index in [0.717, 1.165) is 35.5 Å². The van der Waals surface area contributed by atoms with E-state index in [0.29, 0.717) is 18.2 Å². The van der Waals surface area contributed by atoms with Gasteiger partial charge in [-0.3, -0.25) is 9.13 Å². The molecule has 136 valence electrons. The highest BCUT2D eigenvalue weighted by atomic mass is 32.2. The second-order valence-electron chi connectivity index (χ2n) is 6.91. The zero-order chi connectivity index (χ0) is 17.5. The van der Waals surface area contributed by atoms with Crippen LogP contribution in [0, 0.1) is 0 Å². The number of nitrogens with zero attached hydrogens (tertiary/aromatic N) is 5. The van der Waals surface area contributed by atoms with Crippen LogP contribution in [0.15, 0.2) is 38.6 Å². The molecule has 1 aliphatic carbocycles. The highest BCUT2D eigenvalue weighted by molar-refractivity contribution is 7.99. The van der Waals surface area contributed by atoms with Gasteiger partial charge in [0.1, 0.15) is 0 Å². The van der Waals surface area contributed by atoms with E-state index in [9.17, 15) is 4.79 Å². The van der Waals surface area contributed by atoms with E-state index in [1.165, 1.54) is 25.7 Å². The summed E-state index contributed by atoms with van der Waals surface area (Å²) in [5.41, 5.74) is 1.49. The monoisotopic (exact) mass is 371 g/mol. The number of hydrogen-bond donors (Lipinski definition) is 0. The van der Waals surface area contributed by atoms with Crippen LogP contribution < -0.4 is 10.7 Å². The second kappa shape index (κ2) is 6.50. The number of aryl methyl sites for hydroxylation is 1. The lowest BCUT2D eigenvalue weighted by Gasteiger charge is -2.17. The fourth-order valence-corrected chi connectivity index (χ4v) is 4.53. The van der Waals surface area contributed by atoms with Gasteiger partial charge in [-0.2, -0.15) is 0 Å². The molecule has 2 fully saturated rings. The number of benzene rings is 1. The second-order valence-corrected chi connectivity index (χ2v) is 7.98. The SMILES string of the molecule is O=c1oc2ccccc2n1CCSc1nnc(N2CCCC2)n1C1CC1. The van der Waals surface area contributed by atoms with Crippen LogP contribution in [0.2, 0.25) is 0 Å².